The van der Waals surface area contributed by atoms with Crippen molar-refractivity contribution in [2.75, 3.05) is 20.1 Å². The van der Waals surface area contributed by atoms with E-state index < -0.39 is 0 Å². The van der Waals surface area contributed by atoms with Crippen molar-refractivity contribution in [2.45, 2.75) is 43.6 Å². The van der Waals surface area contributed by atoms with Crippen molar-refractivity contribution in [3.8, 4) is 0 Å². The Balaban J connectivity index is 1.48. The highest BCUT2D eigenvalue weighted by Gasteiger charge is 2.45. The number of amides is 1. The molecule has 0 radical (unpaired) electrons. The summed E-state index contributed by atoms with van der Waals surface area (Å²) in [6.45, 7) is 3.19. The van der Waals surface area contributed by atoms with Crippen LogP contribution in [0.5, 0.6) is 0 Å². The number of carbonyl (C=O) groups excluding carboxylic acids is 1. The summed E-state index contributed by atoms with van der Waals surface area (Å²) in [6, 6.07) is 8.81. The molecular formula is C21H28N4O. The van der Waals surface area contributed by atoms with E-state index in [4.69, 9.17) is 0 Å². The van der Waals surface area contributed by atoms with Gasteiger partial charge in [-0.2, -0.15) is 5.10 Å². The van der Waals surface area contributed by atoms with Crippen molar-refractivity contribution < 1.29 is 4.79 Å². The van der Waals surface area contributed by atoms with Gasteiger partial charge in [-0.15, -0.1) is 0 Å². The van der Waals surface area contributed by atoms with Crippen LogP contribution in [-0.4, -0.2) is 40.7 Å². The second-order valence-corrected chi connectivity index (χ2v) is 7.94. The molecular weight excluding hydrogens is 324 g/mol. The Morgan fingerprint density at radius 2 is 2.08 bits per heavy atom. The fourth-order valence-corrected chi connectivity index (χ4v) is 4.96. The summed E-state index contributed by atoms with van der Waals surface area (Å²) in [5, 5.41) is 7.08. The van der Waals surface area contributed by atoms with Crippen molar-refractivity contribution in [2.24, 2.45) is 7.05 Å². The predicted octanol–water partition coefficient (Wildman–Crippen LogP) is 2.58. The van der Waals surface area contributed by atoms with E-state index >= 15 is 0 Å². The highest BCUT2D eigenvalue weighted by atomic mass is 16.1. The van der Waals surface area contributed by atoms with Gasteiger partial charge in [-0.1, -0.05) is 24.3 Å². The van der Waals surface area contributed by atoms with Crippen LogP contribution in [-0.2, 0) is 23.8 Å². The number of carbonyl (C=O) groups is 1. The van der Waals surface area contributed by atoms with Crippen LogP contribution >= 0.6 is 0 Å². The van der Waals surface area contributed by atoms with Gasteiger partial charge in [-0.05, 0) is 54.8 Å². The molecule has 1 fully saturated rings. The van der Waals surface area contributed by atoms with E-state index in [0.29, 0.717) is 12.3 Å². The SMILES string of the molecule is CNC(=O)C[C@@H]1CC2(CCN(Cc3cnn(C)c3)CC2)c2ccccc21. The summed E-state index contributed by atoms with van der Waals surface area (Å²) in [4.78, 5) is 14.5. The van der Waals surface area contributed by atoms with Gasteiger partial charge in [0.2, 0.25) is 5.91 Å². The Morgan fingerprint density at radius 3 is 2.77 bits per heavy atom. The smallest absolute Gasteiger partial charge is 0.220 e. The van der Waals surface area contributed by atoms with E-state index in [1.54, 1.807) is 7.05 Å². The van der Waals surface area contributed by atoms with E-state index in [0.717, 1.165) is 26.1 Å². The number of aryl methyl sites for hydroxylation is 1. The molecule has 2 aliphatic rings. The molecule has 0 saturated carbocycles. The maximum absolute atomic E-state index is 12.0. The molecule has 5 nitrogen and oxygen atoms in total. The Labute approximate surface area is 155 Å². The standard InChI is InChI=1S/C21H28N4O/c1-22-20(26)11-17-12-21(19-6-4-3-5-18(17)19)7-9-25(10-8-21)15-16-13-23-24(2)14-16/h3-6,13-14,17H,7-12,15H2,1-2H3,(H,22,26)/t17-/m1/s1. The molecule has 1 atom stereocenters. The van der Waals surface area contributed by atoms with Gasteiger partial charge in [0.1, 0.15) is 0 Å². The molecule has 0 unspecified atom stereocenters. The fourth-order valence-electron chi connectivity index (χ4n) is 4.96. The summed E-state index contributed by atoms with van der Waals surface area (Å²) >= 11 is 0. The summed E-state index contributed by atoms with van der Waals surface area (Å²) in [6.07, 6.45) is 8.14. The lowest BCUT2D eigenvalue weighted by Gasteiger charge is -2.40. The van der Waals surface area contributed by atoms with E-state index in [-0.39, 0.29) is 11.3 Å². The minimum atomic E-state index is 0.149. The van der Waals surface area contributed by atoms with Gasteiger partial charge >= 0.3 is 0 Å². The molecule has 0 bridgehead atoms. The molecule has 1 aliphatic carbocycles. The zero-order valence-corrected chi connectivity index (χ0v) is 15.7. The third kappa shape index (κ3) is 3.16. The van der Waals surface area contributed by atoms with Crippen LogP contribution in [0.2, 0.25) is 0 Å². The number of piperidine rings is 1. The summed E-state index contributed by atoms with van der Waals surface area (Å²) in [7, 11) is 3.70. The van der Waals surface area contributed by atoms with Crippen molar-refractivity contribution >= 4 is 5.91 Å². The first-order valence-electron chi connectivity index (χ1n) is 9.59. The largest absolute Gasteiger partial charge is 0.359 e. The molecule has 1 aliphatic heterocycles. The molecule has 1 aromatic heterocycles. The van der Waals surface area contributed by atoms with Gasteiger partial charge in [0, 0.05) is 38.8 Å². The molecule has 1 saturated heterocycles. The number of rotatable bonds is 4. The second kappa shape index (κ2) is 6.88. The zero-order chi connectivity index (χ0) is 18.1. The normalized spacial score (nSPS) is 21.7. The molecule has 2 heterocycles. The number of likely N-dealkylation sites (tertiary alicyclic amines) is 1. The Morgan fingerprint density at radius 1 is 1.31 bits per heavy atom. The van der Waals surface area contributed by atoms with Gasteiger partial charge < -0.3 is 5.32 Å². The van der Waals surface area contributed by atoms with Crippen molar-refractivity contribution in [1.29, 1.82) is 0 Å². The molecule has 1 aromatic carbocycles. The highest BCUT2D eigenvalue weighted by molar-refractivity contribution is 5.77. The first-order valence-corrected chi connectivity index (χ1v) is 9.59. The third-order valence-corrected chi connectivity index (χ3v) is 6.30. The molecule has 26 heavy (non-hydrogen) atoms. The van der Waals surface area contributed by atoms with E-state index in [2.05, 4.69) is 45.8 Å². The molecule has 2 aromatic rings. The molecule has 138 valence electrons. The number of hydrogen-bond donors (Lipinski definition) is 1. The van der Waals surface area contributed by atoms with Crippen LogP contribution in [0.25, 0.3) is 0 Å². The van der Waals surface area contributed by atoms with Crippen LogP contribution in [0.15, 0.2) is 36.7 Å². The van der Waals surface area contributed by atoms with Crippen LogP contribution in [0.1, 0.15) is 48.3 Å². The third-order valence-electron chi connectivity index (χ3n) is 6.30. The lowest BCUT2D eigenvalue weighted by Crippen LogP contribution is -2.41. The van der Waals surface area contributed by atoms with Gasteiger partial charge in [0.05, 0.1) is 6.20 Å². The van der Waals surface area contributed by atoms with E-state index in [1.807, 2.05) is 17.9 Å². The number of nitrogens with zero attached hydrogens (tertiary/aromatic N) is 3. The van der Waals surface area contributed by atoms with Gasteiger partial charge in [-0.3, -0.25) is 14.4 Å². The lowest BCUT2D eigenvalue weighted by atomic mass is 9.73. The van der Waals surface area contributed by atoms with Crippen LogP contribution in [0.3, 0.4) is 0 Å². The van der Waals surface area contributed by atoms with Gasteiger partial charge in [0.15, 0.2) is 0 Å². The Bertz CT molecular complexity index is 789. The zero-order valence-electron chi connectivity index (χ0n) is 15.7. The predicted molar refractivity (Wildman–Crippen MR) is 102 cm³/mol. The molecule has 1 N–H and O–H groups in total. The number of nitrogens with one attached hydrogen (secondary N) is 1. The lowest BCUT2D eigenvalue weighted by molar-refractivity contribution is -0.121. The maximum Gasteiger partial charge on any atom is 0.220 e. The summed E-state index contributed by atoms with van der Waals surface area (Å²) in [5.41, 5.74) is 4.43. The number of fused-ring (bicyclic) bond motifs is 2. The van der Waals surface area contributed by atoms with Gasteiger partial charge in [-0.25, -0.2) is 0 Å². The average Bonchev–Trinajstić information content (AvgIpc) is 3.19. The van der Waals surface area contributed by atoms with Crippen molar-refractivity contribution in [1.82, 2.24) is 20.0 Å². The van der Waals surface area contributed by atoms with Crippen LogP contribution in [0, 0.1) is 0 Å². The average molecular weight is 352 g/mol. The van der Waals surface area contributed by atoms with Crippen LogP contribution < -0.4 is 5.32 Å². The van der Waals surface area contributed by atoms with Crippen molar-refractivity contribution in [3.63, 3.8) is 0 Å². The van der Waals surface area contributed by atoms with Crippen molar-refractivity contribution in [3.05, 3.63) is 53.3 Å². The first kappa shape index (κ1) is 17.3. The highest BCUT2D eigenvalue weighted by Crippen LogP contribution is 2.52. The van der Waals surface area contributed by atoms with Gasteiger partial charge in [0.25, 0.3) is 0 Å². The van der Waals surface area contributed by atoms with E-state index in [9.17, 15) is 4.79 Å². The molecule has 1 amide bonds. The fraction of sp³-hybridized carbons (Fsp3) is 0.524. The Hall–Kier alpha value is -2.14. The van der Waals surface area contributed by atoms with E-state index in [1.165, 1.54) is 29.5 Å². The first-order chi connectivity index (χ1) is 12.6. The quantitative estimate of drug-likeness (QED) is 0.920. The van der Waals surface area contributed by atoms with Crippen LogP contribution in [0.4, 0.5) is 0 Å². The molecule has 5 heteroatoms. The molecule has 1 spiro atoms. The maximum atomic E-state index is 12.0. The molecule has 4 rings (SSSR count). The number of hydrogen-bond acceptors (Lipinski definition) is 3. The number of benzene rings is 1. The summed E-state index contributed by atoms with van der Waals surface area (Å²) in [5.74, 6) is 0.506. The minimum Gasteiger partial charge on any atom is -0.359 e. The minimum absolute atomic E-state index is 0.149. The number of aromatic nitrogens is 2. The monoisotopic (exact) mass is 352 g/mol. The second-order valence-electron chi connectivity index (χ2n) is 7.94. The Kier molecular flexibility index (Phi) is 4.57. The summed E-state index contributed by atoms with van der Waals surface area (Å²) < 4.78 is 1.87. The topological polar surface area (TPSA) is 50.2 Å².